The monoisotopic (exact) mass is 231 g/mol. The third-order valence-corrected chi connectivity index (χ3v) is 4.02. The zero-order valence-corrected chi connectivity index (χ0v) is 8.94. The molecular weight excluding hydrogens is 222 g/mol. The molecule has 1 aliphatic carbocycles. The molecule has 1 aromatic heterocycles. The van der Waals surface area contributed by atoms with Crippen molar-refractivity contribution in [1.29, 1.82) is 0 Å². The number of hydrogen-bond acceptors (Lipinski definition) is 3. The van der Waals surface area contributed by atoms with Gasteiger partial charge in [-0.3, -0.25) is 4.79 Å². The number of carbonyl (C=O) groups is 1. The van der Waals surface area contributed by atoms with Crippen molar-refractivity contribution < 1.29 is 9.90 Å². The van der Waals surface area contributed by atoms with Gasteiger partial charge in [0.2, 0.25) is 0 Å². The molecule has 1 atom stereocenters. The van der Waals surface area contributed by atoms with Gasteiger partial charge in [0, 0.05) is 4.88 Å². The first-order valence-corrected chi connectivity index (χ1v) is 5.50. The minimum atomic E-state index is -0.797. The topological polar surface area (TPSA) is 63.3 Å². The Balaban J connectivity index is 2.24. The standard InChI is InChI=1S/C9H10ClNO2S/c10-6-2-1-5(14-6)7(11)9(3-4-9)8(12)13/h1-2,7H,3-4,11H2,(H,12,13). The number of hydrogen-bond donors (Lipinski definition) is 2. The van der Waals surface area contributed by atoms with Crippen LogP contribution in [-0.2, 0) is 4.79 Å². The largest absolute Gasteiger partial charge is 0.481 e. The van der Waals surface area contributed by atoms with Crippen LogP contribution < -0.4 is 5.73 Å². The summed E-state index contributed by atoms with van der Waals surface area (Å²) in [7, 11) is 0. The molecule has 1 unspecified atom stereocenters. The van der Waals surface area contributed by atoms with Crippen molar-refractivity contribution in [2.75, 3.05) is 0 Å². The highest BCUT2D eigenvalue weighted by molar-refractivity contribution is 7.16. The summed E-state index contributed by atoms with van der Waals surface area (Å²) in [6.07, 6.45) is 1.33. The molecule has 76 valence electrons. The minimum absolute atomic E-state index is 0.419. The van der Waals surface area contributed by atoms with Crippen molar-refractivity contribution >= 4 is 28.9 Å². The lowest BCUT2D eigenvalue weighted by molar-refractivity contribution is -0.144. The molecular formula is C9H10ClNO2S. The summed E-state index contributed by atoms with van der Waals surface area (Å²) in [6, 6.07) is 3.14. The van der Waals surface area contributed by atoms with Gasteiger partial charge in [-0.1, -0.05) is 11.6 Å². The maximum atomic E-state index is 11.0. The van der Waals surface area contributed by atoms with Crippen molar-refractivity contribution in [1.82, 2.24) is 0 Å². The molecule has 5 heteroatoms. The number of thiophene rings is 1. The van der Waals surface area contributed by atoms with Crippen LogP contribution in [0.1, 0.15) is 23.8 Å². The number of aliphatic carboxylic acids is 1. The van der Waals surface area contributed by atoms with Crippen LogP contribution in [0.4, 0.5) is 0 Å². The van der Waals surface area contributed by atoms with E-state index in [1.54, 1.807) is 12.1 Å². The number of nitrogens with two attached hydrogens (primary N) is 1. The van der Waals surface area contributed by atoms with Crippen molar-refractivity contribution in [2.45, 2.75) is 18.9 Å². The van der Waals surface area contributed by atoms with Gasteiger partial charge in [-0.05, 0) is 25.0 Å². The zero-order valence-electron chi connectivity index (χ0n) is 7.37. The van der Waals surface area contributed by atoms with Crippen LogP contribution in [0.25, 0.3) is 0 Å². The van der Waals surface area contributed by atoms with Gasteiger partial charge in [-0.15, -0.1) is 11.3 Å². The highest BCUT2D eigenvalue weighted by Crippen LogP contribution is 2.55. The molecule has 1 fully saturated rings. The zero-order chi connectivity index (χ0) is 10.3. The van der Waals surface area contributed by atoms with Crippen LogP contribution in [0.3, 0.4) is 0 Å². The average Bonchev–Trinajstić information content (AvgIpc) is 2.84. The van der Waals surface area contributed by atoms with Crippen molar-refractivity contribution in [3.8, 4) is 0 Å². The first-order chi connectivity index (χ1) is 6.56. The van der Waals surface area contributed by atoms with Gasteiger partial charge in [-0.2, -0.15) is 0 Å². The van der Waals surface area contributed by atoms with E-state index in [0.717, 1.165) is 4.88 Å². The molecule has 0 radical (unpaired) electrons. The van der Waals surface area contributed by atoms with Gasteiger partial charge in [-0.25, -0.2) is 0 Å². The van der Waals surface area contributed by atoms with E-state index in [2.05, 4.69) is 0 Å². The van der Waals surface area contributed by atoms with Crippen LogP contribution in [0.5, 0.6) is 0 Å². The normalized spacial score (nSPS) is 20.4. The van der Waals surface area contributed by atoms with Crippen LogP contribution in [0.2, 0.25) is 4.34 Å². The van der Waals surface area contributed by atoms with E-state index >= 15 is 0 Å². The van der Waals surface area contributed by atoms with E-state index in [-0.39, 0.29) is 0 Å². The first-order valence-electron chi connectivity index (χ1n) is 4.30. The van der Waals surface area contributed by atoms with Gasteiger partial charge < -0.3 is 10.8 Å². The van der Waals surface area contributed by atoms with Crippen LogP contribution in [0, 0.1) is 5.41 Å². The lowest BCUT2D eigenvalue weighted by Crippen LogP contribution is -2.29. The van der Waals surface area contributed by atoms with E-state index in [4.69, 9.17) is 22.4 Å². The molecule has 1 aliphatic rings. The van der Waals surface area contributed by atoms with Gasteiger partial charge in [0.15, 0.2) is 0 Å². The Hall–Kier alpha value is -0.580. The molecule has 1 aromatic rings. The summed E-state index contributed by atoms with van der Waals surface area (Å²) in [5, 5.41) is 9.03. The molecule has 0 aliphatic heterocycles. The van der Waals surface area contributed by atoms with Gasteiger partial charge in [0.1, 0.15) is 0 Å². The fourth-order valence-electron chi connectivity index (χ4n) is 1.56. The Bertz CT molecular complexity index is 373. The fraction of sp³-hybridized carbons (Fsp3) is 0.444. The smallest absolute Gasteiger partial charge is 0.311 e. The van der Waals surface area contributed by atoms with Gasteiger partial charge >= 0.3 is 5.97 Å². The third kappa shape index (κ3) is 1.43. The minimum Gasteiger partial charge on any atom is -0.481 e. The second-order valence-corrected chi connectivity index (χ2v) is 5.33. The van der Waals surface area contributed by atoms with E-state index in [1.807, 2.05) is 0 Å². The fourth-order valence-corrected chi connectivity index (χ4v) is 2.74. The predicted octanol–water partition coefficient (Wildman–Crippen LogP) is 2.27. The number of carboxylic acid groups (broad SMARTS) is 1. The molecule has 0 aromatic carbocycles. The summed E-state index contributed by atoms with van der Waals surface area (Å²) in [5.74, 6) is -0.797. The van der Waals surface area contributed by atoms with E-state index in [0.29, 0.717) is 17.2 Å². The Kier molecular flexibility index (Phi) is 2.29. The molecule has 1 saturated carbocycles. The summed E-state index contributed by atoms with van der Waals surface area (Å²) in [4.78, 5) is 11.9. The molecule has 0 saturated heterocycles. The molecule has 3 nitrogen and oxygen atoms in total. The SMILES string of the molecule is NC(c1ccc(Cl)s1)C1(C(=O)O)CC1. The quantitative estimate of drug-likeness (QED) is 0.839. The summed E-state index contributed by atoms with van der Waals surface area (Å²) >= 11 is 7.13. The van der Waals surface area contributed by atoms with E-state index < -0.39 is 17.4 Å². The first kappa shape index (κ1) is 9.96. The molecule has 14 heavy (non-hydrogen) atoms. The number of carboxylic acids is 1. The Morgan fingerprint density at radius 2 is 2.29 bits per heavy atom. The molecule has 2 rings (SSSR count). The third-order valence-electron chi connectivity index (χ3n) is 2.71. The highest BCUT2D eigenvalue weighted by Gasteiger charge is 2.55. The Labute approximate surface area is 90.5 Å². The number of rotatable bonds is 3. The molecule has 0 amide bonds. The van der Waals surface area contributed by atoms with Crippen molar-refractivity contribution in [3.05, 3.63) is 21.3 Å². The van der Waals surface area contributed by atoms with E-state index in [9.17, 15) is 4.79 Å². The van der Waals surface area contributed by atoms with Crippen LogP contribution in [-0.4, -0.2) is 11.1 Å². The Morgan fingerprint density at radius 1 is 1.64 bits per heavy atom. The molecule has 0 bridgehead atoms. The van der Waals surface area contributed by atoms with E-state index in [1.165, 1.54) is 11.3 Å². The second-order valence-electron chi connectivity index (χ2n) is 3.58. The van der Waals surface area contributed by atoms with Crippen LogP contribution in [0.15, 0.2) is 12.1 Å². The number of halogens is 1. The maximum absolute atomic E-state index is 11.0. The lowest BCUT2D eigenvalue weighted by atomic mass is 9.96. The Morgan fingerprint density at radius 3 is 2.64 bits per heavy atom. The summed E-state index contributed by atoms with van der Waals surface area (Å²) in [5.41, 5.74) is 5.19. The van der Waals surface area contributed by atoms with Crippen molar-refractivity contribution in [2.24, 2.45) is 11.1 Å². The van der Waals surface area contributed by atoms with Gasteiger partial charge in [0.25, 0.3) is 0 Å². The van der Waals surface area contributed by atoms with Crippen molar-refractivity contribution in [3.63, 3.8) is 0 Å². The van der Waals surface area contributed by atoms with Gasteiger partial charge in [0.05, 0.1) is 15.8 Å². The van der Waals surface area contributed by atoms with Crippen LogP contribution >= 0.6 is 22.9 Å². The lowest BCUT2D eigenvalue weighted by Gasteiger charge is -2.17. The average molecular weight is 232 g/mol. The molecule has 0 spiro atoms. The highest BCUT2D eigenvalue weighted by atomic mass is 35.5. The maximum Gasteiger partial charge on any atom is 0.311 e. The second kappa shape index (κ2) is 3.22. The molecule has 3 N–H and O–H groups in total. The molecule has 1 heterocycles. The summed E-state index contributed by atoms with van der Waals surface area (Å²) < 4.78 is 0.650. The predicted molar refractivity (Wildman–Crippen MR) is 55.6 cm³/mol. The summed E-state index contributed by atoms with van der Waals surface area (Å²) in [6.45, 7) is 0.